The quantitative estimate of drug-likeness (QED) is 0.549. The zero-order chi connectivity index (χ0) is 16.6. The summed E-state index contributed by atoms with van der Waals surface area (Å²) in [7, 11) is 0. The van der Waals surface area contributed by atoms with E-state index in [2.05, 4.69) is 34.8 Å². The first-order valence-corrected chi connectivity index (χ1v) is 8.24. The number of piperazine rings is 1. The van der Waals surface area contributed by atoms with E-state index in [1.807, 2.05) is 35.0 Å². The van der Waals surface area contributed by atoms with E-state index in [9.17, 15) is 0 Å². The molecule has 5 heterocycles. The molecular formula is C17H16N8. The van der Waals surface area contributed by atoms with Gasteiger partial charge in [0.05, 0.1) is 5.39 Å². The van der Waals surface area contributed by atoms with Crippen LogP contribution in [0.1, 0.15) is 0 Å². The Kier molecular flexibility index (Phi) is 3.19. The molecule has 0 N–H and O–H groups in total. The van der Waals surface area contributed by atoms with Crippen molar-refractivity contribution >= 4 is 28.3 Å². The molecule has 25 heavy (non-hydrogen) atoms. The molecule has 4 aromatic heterocycles. The van der Waals surface area contributed by atoms with Crippen LogP contribution in [0.25, 0.3) is 16.7 Å². The average Bonchev–Trinajstić information content (AvgIpc) is 3.15. The first-order valence-electron chi connectivity index (χ1n) is 8.24. The smallest absolute Gasteiger partial charge is 0.164 e. The third-order valence-corrected chi connectivity index (χ3v) is 4.53. The third-order valence-electron chi connectivity index (χ3n) is 4.53. The Balaban J connectivity index is 1.38. The largest absolute Gasteiger partial charge is 0.352 e. The minimum absolute atomic E-state index is 0.738. The Morgan fingerprint density at radius 3 is 2.60 bits per heavy atom. The molecule has 4 aromatic rings. The second kappa shape index (κ2) is 5.66. The predicted molar refractivity (Wildman–Crippen MR) is 94.7 cm³/mol. The summed E-state index contributed by atoms with van der Waals surface area (Å²) in [6.07, 6.45) is 6.98. The summed E-state index contributed by atoms with van der Waals surface area (Å²) in [5.74, 6) is 1.93. The maximum atomic E-state index is 4.63. The summed E-state index contributed by atoms with van der Waals surface area (Å²) in [6, 6.07) is 7.98. The van der Waals surface area contributed by atoms with Gasteiger partial charge in [-0.15, -0.1) is 5.10 Å². The van der Waals surface area contributed by atoms with E-state index in [-0.39, 0.29) is 0 Å². The monoisotopic (exact) mass is 332 g/mol. The Bertz CT molecular complexity index is 1030. The van der Waals surface area contributed by atoms with Gasteiger partial charge in [0.25, 0.3) is 0 Å². The molecule has 1 saturated heterocycles. The van der Waals surface area contributed by atoms with Crippen LogP contribution >= 0.6 is 0 Å². The van der Waals surface area contributed by atoms with Gasteiger partial charge in [-0.3, -0.25) is 0 Å². The molecule has 0 saturated carbocycles. The van der Waals surface area contributed by atoms with Crippen molar-refractivity contribution in [3.05, 3.63) is 49.2 Å². The predicted octanol–water partition coefficient (Wildman–Crippen LogP) is 1.39. The number of anilines is 2. The van der Waals surface area contributed by atoms with Gasteiger partial charge in [0.1, 0.15) is 18.0 Å². The van der Waals surface area contributed by atoms with E-state index in [1.165, 1.54) is 0 Å². The summed E-state index contributed by atoms with van der Waals surface area (Å²) in [4.78, 5) is 21.9. The molecule has 1 aliphatic rings. The summed E-state index contributed by atoms with van der Waals surface area (Å²) in [5.41, 5.74) is 1.60. The number of pyridine rings is 1. The Labute approximate surface area is 143 Å². The van der Waals surface area contributed by atoms with E-state index < -0.39 is 0 Å². The van der Waals surface area contributed by atoms with Crippen LogP contribution in [0.15, 0.2) is 49.2 Å². The van der Waals surface area contributed by atoms with Crippen LogP contribution in [0, 0.1) is 0 Å². The van der Waals surface area contributed by atoms with E-state index >= 15 is 0 Å². The maximum Gasteiger partial charge on any atom is 0.164 e. The van der Waals surface area contributed by atoms with Crippen LogP contribution in [0.4, 0.5) is 11.6 Å². The number of aromatic nitrogens is 6. The van der Waals surface area contributed by atoms with Gasteiger partial charge >= 0.3 is 0 Å². The molecular weight excluding hydrogens is 316 g/mol. The summed E-state index contributed by atoms with van der Waals surface area (Å²) in [5, 5.41) is 5.63. The fourth-order valence-electron chi connectivity index (χ4n) is 3.26. The molecule has 0 unspecified atom stereocenters. The topological polar surface area (TPSA) is 75.3 Å². The molecule has 1 aliphatic heterocycles. The number of nitrogens with zero attached hydrogens (tertiary/aromatic N) is 8. The zero-order valence-corrected chi connectivity index (χ0v) is 13.5. The fraction of sp³-hybridized carbons (Fsp3) is 0.235. The number of fused-ring (bicyclic) bond motifs is 2. The first kappa shape index (κ1) is 14.1. The average molecular weight is 332 g/mol. The maximum absolute atomic E-state index is 4.63. The molecule has 124 valence electrons. The summed E-state index contributed by atoms with van der Waals surface area (Å²) >= 11 is 0. The van der Waals surface area contributed by atoms with E-state index in [1.54, 1.807) is 18.7 Å². The Morgan fingerprint density at radius 2 is 1.68 bits per heavy atom. The molecule has 0 bridgehead atoms. The van der Waals surface area contributed by atoms with Crippen LogP contribution in [0.2, 0.25) is 0 Å². The lowest BCUT2D eigenvalue weighted by Gasteiger charge is -2.36. The van der Waals surface area contributed by atoms with Crippen molar-refractivity contribution in [2.75, 3.05) is 36.0 Å². The highest BCUT2D eigenvalue weighted by Crippen LogP contribution is 2.23. The fourth-order valence-corrected chi connectivity index (χ4v) is 3.26. The molecule has 0 atom stereocenters. The van der Waals surface area contributed by atoms with Gasteiger partial charge in [0, 0.05) is 44.8 Å². The zero-order valence-electron chi connectivity index (χ0n) is 13.5. The molecule has 0 aromatic carbocycles. The molecule has 5 rings (SSSR count). The summed E-state index contributed by atoms with van der Waals surface area (Å²) in [6.45, 7) is 3.53. The number of hydrogen-bond acceptors (Lipinski definition) is 7. The van der Waals surface area contributed by atoms with Gasteiger partial charge in [-0.1, -0.05) is 0 Å². The standard InChI is InChI=1S/C17H16N8/c1-2-13-16(19-5-1)20-12-21-17(13)24-10-8-23(9-11-24)15-4-3-14-18-6-7-25(14)22-15/h1-7,12H,8-11H2. The van der Waals surface area contributed by atoms with Crippen LogP contribution < -0.4 is 9.80 Å². The van der Waals surface area contributed by atoms with Crippen LogP contribution in [0.3, 0.4) is 0 Å². The van der Waals surface area contributed by atoms with Crippen molar-refractivity contribution in [3.8, 4) is 0 Å². The van der Waals surface area contributed by atoms with Crippen molar-refractivity contribution in [2.45, 2.75) is 0 Å². The van der Waals surface area contributed by atoms with Gasteiger partial charge in [-0.2, -0.15) is 0 Å². The normalized spacial score (nSPS) is 15.2. The molecule has 0 aliphatic carbocycles. The van der Waals surface area contributed by atoms with Crippen molar-refractivity contribution < 1.29 is 0 Å². The summed E-state index contributed by atoms with van der Waals surface area (Å²) < 4.78 is 1.81. The van der Waals surface area contributed by atoms with Gasteiger partial charge in [0.2, 0.25) is 0 Å². The molecule has 0 spiro atoms. The van der Waals surface area contributed by atoms with Crippen LogP contribution in [0.5, 0.6) is 0 Å². The molecule has 8 nitrogen and oxygen atoms in total. The van der Waals surface area contributed by atoms with Crippen LogP contribution in [-0.4, -0.2) is 55.7 Å². The molecule has 0 radical (unpaired) electrons. The third kappa shape index (κ3) is 2.42. The van der Waals surface area contributed by atoms with Gasteiger partial charge in [-0.25, -0.2) is 24.5 Å². The van der Waals surface area contributed by atoms with E-state index in [0.717, 1.165) is 54.5 Å². The molecule has 8 heteroatoms. The Hall–Kier alpha value is -3.29. The molecule has 1 fully saturated rings. The minimum atomic E-state index is 0.738. The lowest BCUT2D eigenvalue weighted by Crippen LogP contribution is -2.47. The highest BCUT2D eigenvalue weighted by molar-refractivity contribution is 5.86. The van der Waals surface area contributed by atoms with Crippen molar-refractivity contribution in [1.82, 2.24) is 29.5 Å². The second-order valence-corrected chi connectivity index (χ2v) is 5.97. The van der Waals surface area contributed by atoms with Gasteiger partial charge in [0.15, 0.2) is 11.3 Å². The number of rotatable bonds is 2. The van der Waals surface area contributed by atoms with Gasteiger partial charge < -0.3 is 9.80 Å². The van der Waals surface area contributed by atoms with Gasteiger partial charge in [-0.05, 0) is 24.3 Å². The number of imidazole rings is 1. The lowest BCUT2D eigenvalue weighted by atomic mass is 10.2. The highest BCUT2D eigenvalue weighted by Gasteiger charge is 2.21. The van der Waals surface area contributed by atoms with E-state index in [0.29, 0.717) is 0 Å². The van der Waals surface area contributed by atoms with Crippen LogP contribution in [-0.2, 0) is 0 Å². The molecule has 0 amide bonds. The highest BCUT2D eigenvalue weighted by atomic mass is 15.4. The minimum Gasteiger partial charge on any atom is -0.352 e. The number of hydrogen-bond donors (Lipinski definition) is 0. The lowest BCUT2D eigenvalue weighted by molar-refractivity contribution is 0.637. The SMILES string of the molecule is c1cnc2ncnc(N3CCN(c4ccc5nccn5n4)CC3)c2c1. The Morgan fingerprint density at radius 1 is 0.800 bits per heavy atom. The second-order valence-electron chi connectivity index (χ2n) is 5.97. The first-order chi connectivity index (χ1) is 12.4. The van der Waals surface area contributed by atoms with E-state index in [4.69, 9.17) is 0 Å². The van der Waals surface area contributed by atoms with Crippen molar-refractivity contribution in [1.29, 1.82) is 0 Å². The van der Waals surface area contributed by atoms with Crippen molar-refractivity contribution in [3.63, 3.8) is 0 Å². The van der Waals surface area contributed by atoms with Crippen molar-refractivity contribution in [2.24, 2.45) is 0 Å².